The first-order chi connectivity index (χ1) is 7.00. The van der Waals surface area contributed by atoms with Gasteiger partial charge in [-0.05, 0) is 18.2 Å². The van der Waals surface area contributed by atoms with Crippen molar-refractivity contribution in [3.05, 3.63) is 29.0 Å². The molecule has 0 bridgehead atoms. The fourth-order valence-corrected chi connectivity index (χ4v) is 1.95. The van der Waals surface area contributed by atoms with Crippen LogP contribution in [-0.4, -0.2) is 22.9 Å². The molecule has 1 aromatic carbocycles. The lowest BCUT2D eigenvalue weighted by molar-refractivity contribution is -0.137. The molecule has 0 saturated heterocycles. The monoisotopic (exact) mass is 249 g/mol. The van der Waals surface area contributed by atoms with Crippen LogP contribution in [0.1, 0.15) is 0 Å². The van der Waals surface area contributed by atoms with E-state index in [0.717, 1.165) is 0 Å². The summed E-state index contributed by atoms with van der Waals surface area (Å²) >= 11 is 6.78. The molecule has 0 aromatic heterocycles. The summed E-state index contributed by atoms with van der Waals surface area (Å²) in [6, 6.07) is 3.27. The van der Waals surface area contributed by atoms with Crippen LogP contribution in [0.5, 0.6) is 0 Å². The minimum atomic E-state index is -1.06. The standard InChI is InChI=1S/C9H9ClFNO2S/c10-6-3-5(1-2-7(6)11)15-4-8(12)9(13)14/h1-3,8H,4,12H2,(H,13,14). The molecular formula is C9H9ClFNO2S. The van der Waals surface area contributed by atoms with Crippen LogP contribution in [0.4, 0.5) is 4.39 Å². The van der Waals surface area contributed by atoms with E-state index in [0.29, 0.717) is 4.90 Å². The number of benzene rings is 1. The molecule has 0 saturated carbocycles. The van der Waals surface area contributed by atoms with Crippen LogP contribution in [0.2, 0.25) is 5.02 Å². The van der Waals surface area contributed by atoms with Gasteiger partial charge in [0, 0.05) is 10.6 Å². The molecule has 15 heavy (non-hydrogen) atoms. The van der Waals surface area contributed by atoms with Gasteiger partial charge in [0.25, 0.3) is 0 Å². The first-order valence-corrected chi connectivity index (χ1v) is 5.43. The number of carboxylic acid groups (broad SMARTS) is 1. The smallest absolute Gasteiger partial charge is 0.321 e. The van der Waals surface area contributed by atoms with Gasteiger partial charge in [0.2, 0.25) is 0 Å². The third kappa shape index (κ3) is 3.70. The van der Waals surface area contributed by atoms with E-state index in [1.165, 1.54) is 30.0 Å². The lowest BCUT2D eigenvalue weighted by atomic mass is 10.3. The molecule has 1 unspecified atom stereocenters. The molecule has 0 aliphatic carbocycles. The van der Waals surface area contributed by atoms with Gasteiger partial charge in [-0.2, -0.15) is 0 Å². The highest BCUT2D eigenvalue weighted by Crippen LogP contribution is 2.24. The van der Waals surface area contributed by atoms with Crippen molar-refractivity contribution in [2.45, 2.75) is 10.9 Å². The molecule has 3 N–H and O–H groups in total. The second kappa shape index (κ2) is 5.34. The Morgan fingerprint density at radius 3 is 2.87 bits per heavy atom. The van der Waals surface area contributed by atoms with Crippen LogP contribution in [0.25, 0.3) is 0 Å². The number of halogens is 2. The van der Waals surface area contributed by atoms with E-state index in [1.54, 1.807) is 0 Å². The van der Waals surface area contributed by atoms with Crippen LogP contribution in [0.15, 0.2) is 23.1 Å². The van der Waals surface area contributed by atoms with Crippen molar-refractivity contribution in [2.24, 2.45) is 5.73 Å². The second-order valence-electron chi connectivity index (χ2n) is 2.83. The largest absolute Gasteiger partial charge is 0.480 e. The van der Waals surface area contributed by atoms with Crippen LogP contribution in [0, 0.1) is 5.82 Å². The summed E-state index contributed by atoms with van der Waals surface area (Å²) in [6.07, 6.45) is 0. The Bertz CT molecular complexity index is 375. The number of carboxylic acids is 1. The number of thioether (sulfide) groups is 1. The zero-order valence-corrected chi connectivity index (χ0v) is 9.19. The van der Waals surface area contributed by atoms with Gasteiger partial charge in [0.05, 0.1) is 5.02 Å². The summed E-state index contributed by atoms with van der Waals surface area (Å²) in [4.78, 5) is 11.1. The summed E-state index contributed by atoms with van der Waals surface area (Å²) in [6.45, 7) is 0. The van der Waals surface area contributed by atoms with Crippen molar-refractivity contribution in [3.8, 4) is 0 Å². The van der Waals surface area contributed by atoms with Gasteiger partial charge in [-0.25, -0.2) is 4.39 Å². The Labute approximate surface area is 95.4 Å². The molecule has 0 radical (unpaired) electrons. The Morgan fingerprint density at radius 2 is 2.33 bits per heavy atom. The molecule has 0 fully saturated rings. The Kier molecular flexibility index (Phi) is 4.38. The maximum absolute atomic E-state index is 12.8. The predicted molar refractivity (Wildman–Crippen MR) is 57.7 cm³/mol. The summed E-state index contributed by atoms with van der Waals surface area (Å²) in [5.74, 6) is -1.34. The molecule has 1 aromatic rings. The molecule has 1 rings (SSSR count). The minimum absolute atomic E-state index is 0.0175. The van der Waals surface area contributed by atoms with Gasteiger partial charge in [-0.3, -0.25) is 4.79 Å². The third-order valence-corrected chi connectivity index (χ3v) is 3.04. The van der Waals surface area contributed by atoms with Gasteiger partial charge in [-0.1, -0.05) is 11.6 Å². The molecule has 1 atom stereocenters. The highest BCUT2D eigenvalue weighted by atomic mass is 35.5. The number of aliphatic carboxylic acids is 1. The van der Waals surface area contributed by atoms with E-state index < -0.39 is 17.8 Å². The topological polar surface area (TPSA) is 63.3 Å². The van der Waals surface area contributed by atoms with Crippen molar-refractivity contribution >= 4 is 29.3 Å². The Morgan fingerprint density at radius 1 is 1.67 bits per heavy atom. The highest BCUT2D eigenvalue weighted by molar-refractivity contribution is 7.99. The molecule has 0 heterocycles. The van der Waals surface area contributed by atoms with Crippen molar-refractivity contribution in [2.75, 3.05) is 5.75 Å². The van der Waals surface area contributed by atoms with E-state index in [2.05, 4.69) is 0 Å². The predicted octanol–water partition coefficient (Wildman–Crippen LogP) is 1.98. The van der Waals surface area contributed by atoms with Crippen LogP contribution >= 0.6 is 23.4 Å². The van der Waals surface area contributed by atoms with Crippen molar-refractivity contribution in [3.63, 3.8) is 0 Å². The quantitative estimate of drug-likeness (QED) is 0.801. The number of rotatable bonds is 4. The molecule has 3 nitrogen and oxygen atoms in total. The summed E-state index contributed by atoms with van der Waals surface area (Å²) in [5.41, 5.74) is 5.30. The first-order valence-electron chi connectivity index (χ1n) is 4.07. The average molecular weight is 250 g/mol. The van der Waals surface area contributed by atoms with Gasteiger partial charge in [-0.15, -0.1) is 11.8 Å². The fourth-order valence-electron chi connectivity index (χ4n) is 0.824. The van der Waals surface area contributed by atoms with E-state index in [9.17, 15) is 9.18 Å². The molecule has 0 aliphatic heterocycles. The number of hydrogen-bond acceptors (Lipinski definition) is 3. The van der Waals surface area contributed by atoms with E-state index in [-0.39, 0.29) is 10.8 Å². The lowest BCUT2D eigenvalue weighted by Crippen LogP contribution is -2.32. The van der Waals surface area contributed by atoms with E-state index in [4.69, 9.17) is 22.4 Å². The zero-order valence-electron chi connectivity index (χ0n) is 7.61. The minimum Gasteiger partial charge on any atom is -0.480 e. The molecular weight excluding hydrogens is 241 g/mol. The SMILES string of the molecule is NC(CSc1ccc(F)c(Cl)c1)C(=O)O. The van der Waals surface area contributed by atoms with Gasteiger partial charge >= 0.3 is 5.97 Å². The number of hydrogen-bond donors (Lipinski definition) is 2. The summed E-state index contributed by atoms with van der Waals surface area (Å²) in [7, 11) is 0. The summed E-state index contributed by atoms with van der Waals surface area (Å²) in [5, 5.41) is 8.55. The highest BCUT2D eigenvalue weighted by Gasteiger charge is 2.11. The normalized spacial score (nSPS) is 12.5. The fraction of sp³-hybridized carbons (Fsp3) is 0.222. The summed E-state index contributed by atoms with van der Waals surface area (Å²) < 4.78 is 12.8. The molecule has 0 aliphatic rings. The van der Waals surface area contributed by atoms with E-state index >= 15 is 0 Å². The van der Waals surface area contributed by atoms with E-state index in [1.807, 2.05) is 0 Å². The van der Waals surface area contributed by atoms with Gasteiger partial charge < -0.3 is 10.8 Å². The second-order valence-corrected chi connectivity index (χ2v) is 4.33. The molecule has 0 amide bonds. The molecule has 6 heteroatoms. The van der Waals surface area contributed by atoms with Crippen LogP contribution in [0.3, 0.4) is 0 Å². The Balaban J connectivity index is 2.58. The molecule has 82 valence electrons. The van der Waals surface area contributed by atoms with Crippen molar-refractivity contribution < 1.29 is 14.3 Å². The number of nitrogens with two attached hydrogens (primary N) is 1. The zero-order chi connectivity index (χ0) is 11.4. The van der Waals surface area contributed by atoms with Crippen molar-refractivity contribution in [1.29, 1.82) is 0 Å². The van der Waals surface area contributed by atoms with Crippen LogP contribution in [-0.2, 0) is 4.79 Å². The van der Waals surface area contributed by atoms with Crippen LogP contribution < -0.4 is 5.73 Å². The third-order valence-electron chi connectivity index (χ3n) is 1.64. The first kappa shape index (κ1) is 12.3. The number of carbonyl (C=O) groups is 1. The maximum Gasteiger partial charge on any atom is 0.321 e. The Hall–Kier alpha value is -0.780. The average Bonchev–Trinajstić information content (AvgIpc) is 2.19. The lowest BCUT2D eigenvalue weighted by Gasteiger charge is -2.06. The van der Waals surface area contributed by atoms with Crippen molar-refractivity contribution in [1.82, 2.24) is 0 Å². The molecule has 0 spiro atoms. The maximum atomic E-state index is 12.8. The van der Waals surface area contributed by atoms with Gasteiger partial charge in [0.1, 0.15) is 11.9 Å². The van der Waals surface area contributed by atoms with Gasteiger partial charge in [0.15, 0.2) is 0 Å².